The van der Waals surface area contributed by atoms with Gasteiger partial charge in [0.2, 0.25) is 0 Å². The number of hydrogen-bond donors (Lipinski definition) is 0. The van der Waals surface area contributed by atoms with Gasteiger partial charge >= 0.3 is 0 Å². The lowest BCUT2D eigenvalue weighted by Crippen LogP contribution is -2.35. The van der Waals surface area contributed by atoms with Crippen molar-refractivity contribution in [2.24, 2.45) is 0 Å². The van der Waals surface area contributed by atoms with Crippen molar-refractivity contribution in [2.75, 3.05) is 7.05 Å². The minimum Gasteiger partial charge on any atom is -0.338 e. The molecule has 1 unspecified atom stereocenters. The molecule has 2 rings (SSSR count). The van der Waals surface area contributed by atoms with E-state index in [0.717, 1.165) is 21.5 Å². The Morgan fingerprint density at radius 1 is 1.35 bits per heavy atom. The van der Waals surface area contributed by atoms with Gasteiger partial charge in [-0.15, -0.1) is 0 Å². The quantitative estimate of drug-likeness (QED) is 0.804. The number of nitrogens with zero attached hydrogens (tertiary/aromatic N) is 3. The summed E-state index contributed by atoms with van der Waals surface area (Å²) in [5.41, 5.74) is 3.62. The third-order valence-electron chi connectivity index (χ3n) is 4.11. The Morgan fingerprint density at radius 3 is 2.52 bits per heavy atom. The van der Waals surface area contributed by atoms with Crippen LogP contribution in [-0.4, -0.2) is 28.5 Å². The molecule has 0 saturated heterocycles. The van der Waals surface area contributed by atoms with E-state index in [2.05, 4.69) is 26.6 Å². The molecule has 0 bridgehead atoms. The topological polar surface area (TPSA) is 49.0 Å². The van der Waals surface area contributed by atoms with E-state index in [1.165, 1.54) is 0 Å². The smallest absolute Gasteiger partial charge is 0.255 e. The molecular weight excluding hydrogens is 354 g/mol. The number of halogens is 1. The van der Waals surface area contributed by atoms with Gasteiger partial charge in [-0.05, 0) is 51.1 Å². The predicted octanol–water partition coefficient (Wildman–Crippen LogP) is 4.23. The highest BCUT2D eigenvalue weighted by atomic mass is 79.9. The molecule has 2 aromatic rings. The molecule has 1 atom stereocenters. The van der Waals surface area contributed by atoms with E-state index in [9.17, 15) is 4.79 Å². The maximum absolute atomic E-state index is 12.7. The molecule has 0 aliphatic heterocycles. The number of aromatic nitrogens is 1. The Labute approximate surface area is 145 Å². The van der Waals surface area contributed by atoms with Gasteiger partial charge in [0, 0.05) is 34.6 Å². The Morgan fingerprint density at radius 2 is 1.96 bits per heavy atom. The van der Waals surface area contributed by atoms with Crippen molar-refractivity contribution in [3.63, 3.8) is 0 Å². The summed E-state index contributed by atoms with van der Waals surface area (Å²) in [6, 6.07) is 11.9. The zero-order valence-corrected chi connectivity index (χ0v) is 15.4. The van der Waals surface area contributed by atoms with Crippen LogP contribution in [0.4, 0.5) is 0 Å². The second-order valence-corrected chi connectivity index (χ2v) is 6.64. The number of hydrogen-bond acceptors (Lipinski definition) is 2. The van der Waals surface area contributed by atoms with Gasteiger partial charge in [-0.25, -0.2) is 0 Å². The van der Waals surface area contributed by atoms with Crippen molar-refractivity contribution in [3.8, 4) is 11.8 Å². The van der Waals surface area contributed by atoms with Crippen LogP contribution in [0.2, 0.25) is 0 Å². The number of amides is 1. The minimum atomic E-state index is -0.108. The first-order valence-corrected chi connectivity index (χ1v) is 8.25. The standard InChI is InChI=1S/C18H20BrN3O/c1-12(9-10-20)21(4)18(23)17-11-13(2)22(14(17)3)16-7-5-15(19)6-8-16/h5-8,11-12H,9H2,1-4H3. The normalized spacial score (nSPS) is 11.8. The van der Waals surface area contributed by atoms with Crippen LogP contribution in [0.25, 0.3) is 5.69 Å². The van der Waals surface area contributed by atoms with E-state index in [1.54, 1.807) is 11.9 Å². The lowest BCUT2D eigenvalue weighted by atomic mass is 10.1. The molecule has 0 fully saturated rings. The van der Waals surface area contributed by atoms with Gasteiger partial charge in [-0.2, -0.15) is 5.26 Å². The maximum atomic E-state index is 12.7. The fourth-order valence-electron chi connectivity index (χ4n) is 2.63. The largest absolute Gasteiger partial charge is 0.338 e. The van der Waals surface area contributed by atoms with Crippen LogP contribution in [0.1, 0.15) is 35.1 Å². The molecule has 1 aromatic heterocycles. The molecule has 0 N–H and O–H groups in total. The maximum Gasteiger partial charge on any atom is 0.255 e. The highest BCUT2D eigenvalue weighted by Gasteiger charge is 2.22. The van der Waals surface area contributed by atoms with Gasteiger partial charge in [0.15, 0.2) is 0 Å². The minimum absolute atomic E-state index is 0.0517. The lowest BCUT2D eigenvalue weighted by molar-refractivity contribution is 0.0745. The highest BCUT2D eigenvalue weighted by Crippen LogP contribution is 2.23. The van der Waals surface area contributed by atoms with Gasteiger partial charge in [0.1, 0.15) is 0 Å². The predicted molar refractivity (Wildman–Crippen MR) is 94.7 cm³/mol. The molecule has 1 heterocycles. The molecule has 0 aliphatic rings. The highest BCUT2D eigenvalue weighted by molar-refractivity contribution is 9.10. The third-order valence-corrected chi connectivity index (χ3v) is 4.64. The van der Waals surface area contributed by atoms with Crippen LogP contribution >= 0.6 is 15.9 Å². The average Bonchev–Trinajstić information content (AvgIpc) is 2.82. The molecule has 1 aromatic carbocycles. The van der Waals surface area contributed by atoms with Gasteiger partial charge in [0.25, 0.3) is 5.91 Å². The summed E-state index contributed by atoms with van der Waals surface area (Å²) in [5.74, 6) is -0.0517. The number of carbonyl (C=O) groups is 1. The summed E-state index contributed by atoms with van der Waals surface area (Å²) in [5, 5.41) is 8.82. The molecule has 120 valence electrons. The molecule has 0 spiro atoms. The fraction of sp³-hybridized carbons (Fsp3) is 0.333. The van der Waals surface area contributed by atoms with Crippen molar-refractivity contribution in [1.82, 2.24) is 9.47 Å². The van der Waals surface area contributed by atoms with E-state index in [-0.39, 0.29) is 11.9 Å². The molecule has 1 amide bonds. The van der Waals surface area contributed by atoms with E-state index in [0.29, 0.717) is 12.0 Å². The van der Waals surface area contributed by atoms with Crippen LogP contribution < -0.4 is 0 Å². The lowest BCUT2D eigenvalue weighted by Gasteiger charge is -2.23. The van der Waals surface area contributed by atoms with Crippen molar-refractivity contribution in [1.29, 1.82) is 5.26 Å². The summed E-state index contributed by atoms with van der Waals surface area (Å²) in [6.07, 6.45) is 0.327. The summed E-state index contributed by atoms with van der Waals surface area (Å²) in [6.45, 7) is 5.82. The van der Waals surface area contributed by atoms with Crippen LogP contribution in [0.15, 0.2) is 34.8 Å². The number of benzene rings is 1. The summed E-state index contributed by atoms with van der Waals surface area (Å²) >= 11 is 3.44. The molecule has 4 nitrogen and oxygen atoms in total. The van der Waals surface area contributed by atoms with E-state index in [4.69, 9.17) is 5.26 Å². The van der Waals surface area contributed by atoms with Crippen LogP contribution in [0.3, 0.4) is 0 Å². The Balaban J connectivity index is 2.39. The van der Waals surface area contributed by atoms with Crippen molar-refractivity contribution >= 4 is 21.8 Å². The summed E-state index contributed by atoms with van der Waals surface area (Å²) in [4.78, 5) is 14.4. The van der Waals surface area contributed by atoms with Gasteiger partial charge in [-0.3, -0.25) is 4.79 Å². The van der Waals surface area contributed by atoms with Crippen LogP contribution in [-0.2, 0) is 0 Å². The monoisotopic (exact) mass is 373 g/mol. The van der Waals surface area contributed by atoms with Gasteiger partial charge < -0.3 is 9.47 Å². The van der Waals surface area contributed by atoms with E-state index >= 15 is 0 Å². The molecule has 0 radical (unpaired) electrons. The van der Waals surface area contributed by atoms with Crippen LogP contribution in [0, 0.1) is 25.2 Å². The van der Waals surface area contributed by atoms with Gasteiger partial charge in [-0.1, -0.05) is 15.9 Å². The average molecular weight is 374 g/mol. The van der Waals surface area contributed by atoms with E-state index in [1.807, 2.05) is 51.1 Å². The second-order valence-electron chi connectivity index (χ2n) is 5.72. The first-order chi connectivity index (χ1) is 10.9. The molecule has 5 heteroatoms. The first kappa shape index (κ1) is 17.3. The molecule has 23 heavy (non-hydrogen) atoms. The molecular formula is C18H20BrN3O. The molecule has 0 aliphatic carbocycles. The summed E-state index contributed by atoms with van der Waals surface area (Å²) < 4.78 is 3.09. The Kier molecular flexibility index (Phi) is 5.27. The molecule has 0 saturated carbocycles. The van der Waals surface area contributed by atoms with E-state index < -0.39 is 0 Å². The Bertz CT molecular complexity index is 756. The second kappa shape index (κ2) is 7.01. The summed E-state index contributed by atoms with van der Waals surface area (Å²) in [7, 11) is 1.75. The Hall–Kier alpha value is -2.06. The number of nitriles is 1. The third kappa shape index (κ3) is 3.48. The fourth-order valence-corrected chi connectivity index (χ4v) is 2.89. The first-order valence-electron chi connectivity index (χ1n) is 7.45. The van der Waals surface area contributed by atoms with Gasteiger partial charge in [0.05, 0.1) is 18.1 Å². The van der Waals surface area contributed by atoms with Crippen LogP contribution in [0.5, 0.6) is 0 Å². The SMILES string of the molecule is Cc1cc(C(=O)N(C)C(C)CC#N)c(C)n1-c1ccc(Br)cc1. The van der Waals surface area contributed by atoms with Crippen molar-refractivity contribution in [3.05, 3.63) is 51.8 Å². The van der Waals surface area contributed by atoms with Crippen molar-refractivity contribution < 1.29 is 4.79 Å². The number of rotatable bonds is 4. The zero-order valence-electron chi connectivity index (χ0n) is 13.8. The number of aryl methyl sites for hydroxylation is 1. The number of carbonyl (C=O) groups excluding carboxylic acids is 1. The van der Waals surface area contributed by atoms with Crippen molar-refractivity contribution in [2.45, 2.75) is 33.2 Å². The zero-order chi connectivity index (χ0) is 17.1.